The van der Waals surface area contributed by atoms with E-state index in [0.29, 0.717) is 28.9 Å². The van der Waals surface area contributed by atoms with Crippen LogP contribution in [0.25, 0.3) is 10.8 Å². The van der Waals surface area contributed by atoms with Crippen LogP contribution in [0, 0.1) is 11.2 Å². The van der Waals surface area contributed by atoms with Crippen LogP contribution >= 0.6 is 0 Å². The number of halogens is 1. The molecule has 0 aliphatic heterocycles. The Morgan fingerprint density at radius 2 is 1.92 bits per heavy atom. The summed E-state index contributed by atoms with van der Waals surface area (Å²) in [4.78, 5) is 12.3. The van der Waals surface area contributed by atoms with Crippen molar-refractivity contribution < 1.29 is 23.4 Å². The maximum atomic E-state index is 14.2. The van der Waals surface area contributed by atoms with Crippen LogP contribution in [0.4, 0.5) is 4.39 Å². The van der Waals surface area contributed by atoms with Crippen molar-refractivity contribution in [3.63, 3.8) is 0 Å². The van der Waals surface area contributed by atoms with Gasteiger partial charge < -0.3 is 14.2 Å². The van der Waals surface area contributed by atoms with E-state index < -0.39 is 5.41 Å². The average molecular weight is 334 g/mol. The summed E-state index contributed by atoms with van der Waals surface area (Å²) in [5, 5.41) is 1.35. The fourth-order valence-electron chi connectivity index (χ4n) is 2.34. The number of methoxy groups -OCH3 is 1. The Hall–Kier alpha value is -2.14. The molecule has 0 aromatic heterocycles. The number of aryl methyl sites for hydroxylation is 1. The zero-order valence-corrected chi connectivity index (χ0v) is 14.7. The van der Waals surface area contributed by atoms with Gasteiger partial charge in [0.1, 0.15) is 17.3 Å². The highest BCUT2D eigenvalue weighted by Crippen LogP contribution is 2.36. The van der Waals surface area contributed by atoms with E-state index in [-0.39, 0.29) is 18.6 Å². The molecular weight excluding hydrogens is 311 g/mol. The van der Waals surface area contributed by atoms with Crippen LogP contribution in [0.5, 0.6) is 11.5 Å². The number of esters is 1. The topological polar surface area (TPSA) is 44.8 Å². The van der Waals surface area contributed by atoms with Gasteiger partial charge in [-0.15, -0.1) is 0 Å². The van der Waals surface area contributed by atoms with E-state index in [1.165, 1.54) is 13.2 Å². The fraction of sp³-hybridized carbons (Fsp3) is 0.421. The number of fused-ring (bicyclic) bond motifs is 1. The minimum atomic E-state index is -0.671. The van der Waals surface area contributed by atoms with Crippen LogP contribution < -0.4 is 9.47 Å². The number of carbonyl (C=O) groups is 1. The molecule has 2 rings (SSSR count). The summed E-state index contributed by atoms with van der Waals surface area (Å²) in [6, 6.07) is 6.44. The molecule has 4 nitrogen and oxygen atoms in total. The highest BCUT2D eigenvalue weighted by atomic mass is 19.1. The molecule has 0 saturated carbocycles. The molecule has 24 heavy (non-hydrogen) atoms. The van der Waals surface area contributed by atoms with Crippen molar-refractivity contribution >= 4 is 16.7 Å². The Morgan fingerprint density at radius 3 is 2.50 bits per heavy atom. The van der Waals surface area contributed by atoms with Crippen molar-refractivity contribution in [2.24, 2.45) is 5.41 Å². The van der Waals surface area contributed by atoms with E-state index in [9.17, 15) is 9.18 Å². The number of benzene rings is 2. The SMILES string of the molecule is CCc1c(F)ccc2cc(OCOC)cc(OC(=O)C(C)(C)C)c12. The normalized spacial score (nSPS) is 11.6. The van der Waals surface area contributed by atoms with Gasteiger partial charge in [0.05, 0.1) is 5.41 Å². The van der Waals surface area contributed by atoms with Crippen LogP contribution in [-0.4, -0.2) is 19.9 Å². The third kappa shape index (κ3) is 3.85. The first-order valence-corrected chi connectivity index (χ1v) is 7.87. The predicted octanol–water partition coefficient (Wildman–Crippen LogP) is 4.48. The molecule has 0 N–H and O–H groups in total. The summed E-state index contributed by atoms with van der Waals surface area (Å²) in [5.41, 5.74) is -0.155. The summed E-state index contributed by atoms with van der Waals surface area (Å²) in [6.45, 7) is 7.24. The molecule has 0 atom stereocenters. The predicted molar refractivity (Wildman–Crippen MR) is 90.9 cm³/mol. The maximum Gasteiger partial charge on any atom is 0.316 e. The number of rotatable bonds is 5. The molecule has 130 valence electrons. The Balaban J connectivity index is 2.62. The Bertz CT molecular complexity index is 747. The summed E-state index contributed by atoms with van der Waals surface area (Å²) >= 11 is 0. The van der Waals surface area contributed by atoms with E-state index in [0.717, 1.165) is 5.39 Å². The summed E-state index contributed by atoms with van der Waals surface area (Å²) in [6.07, 6.45) is 0.488. The van der Waals surface area contributed by atoms with Crippen molar-refractivity contribution in [3.05, 3.63) is 35.6 Å². The summed E-state index contributed by atoms with van der Waals surface area (Å²) in [7, 11) is 1.52. The molecular formula is C19H23FO4. The molecule has 0 heterocycles. The molecule has 0 saturated heterocycles. The summed E-state index contributed by atoms with van der Waals surface area (Å²) < 4.78 is 30.1. The van der Waals surface area contributed by atoms with Gasteiger partial charge in [0.15, 0.2) is 6.79 Å². The molecule has 0 spiro atoms. The van der Waals surface area contributed by atoms with Crippen LogP contribution in [0.2, 0.25) is 0 Å². The number of hydrogen-bond acceptors (Lipinski definition) is 4. The molecule has 0 aliphatic rings. The van der Waals surface area contributed by atoms with E-state index in [4.69, 9.17) is 14.2 Å². The lowest BCUT2D eigenvalue weighted by atomic mass is 9.97. The lowest BCUT2D eigenvalue weighted by Gasteiger charge is -2.19. The number of ether oxygens (including phenoxy) is 3. The average Bonchev–Trinajstić information content (AvgIpc) is 2.52. The van der Waals surface area contributed by atoms with Crippen LogP contribution in [0.1, 0.15) is 33.3 Å². The van der Waals surface area contributed by atoms with Gasteiger partial charge in [-0.25, -0.2) is 4.39 Å². The molecule has 2 aromatic rings. The van der Waals surface area contributed by atoms with Gasteiger partial charge in [0.25, 0.3) is 0 Å². The van der Waals surface area contributed by atoms with Crippen LogP contribution in [0.15, 0.2) is 24.3 Å². The monoisotopic (exact) mass is 334 g/mol. The fourth-order valence-corrected chi connectivity index (χ4v) is 2.34. The van der Waals surface area contributed by atoms with Gasteiger partial charge in [-0.2, -0.15) is 0 Å². The van der Waals surface area contributed by atoms with E-state index in [2.05, 4.69) is 0 Å². The minimum Gasteiger partial charge on any atom is -0.467 e. The standard InChI is InChI=1S/C19H23FO4/c1-6-14-15(20)8-7-12-9-13(23-11-22-5)10-16(17(12)14)24-18(21)19(2,3)4/h7-10H,6,11H2,1-5H3. The first kappa shape index (κ1) is 18.2. The molecule has 0 aliphatic carbocycles. The van der Waals surface area contributed by atoms with E-state index in [1.807, 2.05) is 6.92 Å². The molecule has 0 bridgehead atoms. The zero-order valence-electron chi connectivity index (χ0n) is 14.7. The molecule has 0 radical (unpaired) electrons. The quantitative estimate of drug-likeness (QED) is 0.459. The minimum absolute atomic E-state index is 0.0694. The van der Waals surface area contributed by atoms with Gasteiger partial charge in [-0.1, -0.05) is 13.0 Å². The molecule has 0 fully saturated rings. The highest BCUT2D eigenvalue weighted by molar-refractivity contribution is 5.95. The van der Waals surface area contributed by atoms with Crippen molar-refractivity contribution in [2.75, 3.05) is 13.9 Å². The largest absolute Gasteiger partial charge is 0.467 e. The third-order valence-electron chi connectivity index (χ3n) is 3.62. The van der Waals surface area contributed by atoms with Crippen molar-refractivity contribution in [2.45, 2.75) is 34.1 Å². The lowest BCUT2D eigenvalue weighted by molar-refractivity contribution is -0.142. The van der Waals surface area contributed by atoms with Gasteiger partial charge in [-0.3, -0.25) is 4.79 Å². The number of hydrogen-bond donors (Lipinski definition) is 0. The Labute approximate surface area is 141 Å². The van der Waals surface area contributed by atoms with Gasteiger partial charge in [0.2, 0.25) is 0 Å². The van der Waals surface area contributed by atoms with Crippen LogP contribution in [-0.2, 0) is 16.0 Å². The molecule has 2 aromatic carbocycles. The van der Waals surface area contributed by atoms with Gasteiger partial charge in [-0.05, 0) is 50.3 Å². The zero-order chi connectivity index (χ0) is 17.9. The molecule has 5 heteroatoms. The highest BCUT2D eigenvalue weighted by Gasteiger charge is 2.25. The summed E-state index contributed by atoms with van der Waals surface area (Å²) in [5.74, 6) is 0.0900. The molecule has 0 amide bonds. The molecule has 0 unspecified atom stereocenters. The Morgan fingerprint density at radius 1 is 1.21 bits per heavy atom. The maximum absolute atomic E-state index is 14.2. The van der Waals surface area contributed by atoms with Crippen molar-refractivity contribution in [1.82, 2.24) is 0 Å². The van der Waals surface area contributed by atoms with Crippen LogP contribution in [0.3, 0.4) is 0 Å². The van der Waals surface area contributed by atoms with Crippen molar-refractivity contribution in [3.8, 4) is 11.5 Å². The van der Waals surface area contributed by atoms with E-state index >= 15 is 0 Å². The van der Waals surface area contributed by atoms with E-state index in [1.54, 1.807) is 39.0 Å². The first-order valence-electron chi connectivity index (χ1n) is 7.87. The van der Waals surface area contributed by atoms with Gasteiger partial charge >= 0.3 is 5.97 Å². The number of carbonyl (C=O) groups excluding carboxylic acids is 1. The first-order chi connectivity index (χ1) is 11.3. The lowest BCUT2D eigenvalue weighted by Crippen LogP contribution is -2.25. The second kappa shape index (κ2) is 7.18. The smallest absolute Gasteiger partial charge is 0.316 e. The second-order valence-electron chi connectivity index (χ2n) is 6.59. The Kier molecular flexibility index (Phi) is 5.44. The third-order valence-corrected chi connectivity index (χ3v) is 3.62. The second-order valence-corrected chi connectivity index (χ2v) is 6.59. The van der Waals surface area contributed by atoms with Gasteiger partial charge in [0, 0.05) is 18.6 Å². The van der Waals surface area contributed by atoms with Crippen molar-refractivity contribution in [1.29, 1.82) is 0 Å².